The molecule has 0 aliphatic heterocycles. The number of methoxy groups -OCH3 is 2. The molecule has 0 aromatic rings. The molecule has 5 heteroatoms. The number of rotatable bonds is 9. The molecule has 0 aliphatic carbocycles. The third-order valence-electron chi connectivity index (χ3n) is 2.82. The van der Waals surface area contributed by atoms with E-state index in [1.54, 1.807) is 21.1 Å². The van der Waals surface area contributed by atoms with Gasteiger partial charge in [0.1, 0.15) is 5.41 Å². The first kappa shape index (κ1) is 16.3. The Morgan fingerprint density at radius 3 is 2.35 bits per heavy atom. The van der Waals surface area contributed by atoms with Crippen LogP contribution in [-0.2, 0) is 19.0 Å². The van der Waals surface area contributed by atoms with Crippen molar-refractivity contribution >= 4 is 15.5 Å². The van der Waals surface area contributed by atoms with Crippen molar-refractivity contribution in [3.05, 3.63) is 12.2 Å². The van der Waals surface area contributed by atoms with Crippen molar-refractivity contribution in [2.24, 2.45) is 0 Å². The van der Waals surface area contributed by atoms with E-state index in [4.69, 9.17) is 14.2 Å². The van der Waals surface area contributed by atoms with Gasteiger partial charge in [-0.2, -0.15) is 0 Å². The molecule has 0 atom stereocenters. The van der Waals surface area contributed by atoms with Gasteiger partial charge in [0.15, 0.2) is 0 Å². The highest BCUT2D eigenvalue weighted by Gasteiger charge is 2.26. The lowest BCUT2D eigenvalue weighted by Gasteiger charge is -2.29. The highest BCUT2D eigenvalue weighted by atomic mass is 28.2. The van der Waals surface area contributed by atoms with Crippen molar-refractivity contribution < 1.29 is 19.0 Å². The zero-order valence-electron chi connectivity index (χ0n) is 11.4. The van der Waals surface area contributed by atoms with E-state index in [0.717, 1.165) is 18.9 Å². The molecular weight excluding hydrogens is 236 g/mol. The second-order valence-corrected chi connectivity index (χ2v) is 6.33. The van der Waals surface area contributed by atoms with Crippen molar-refractivity contribution in [1.29, 1.82) is 0 Å². The number of ether oxygens (including phenoxy) is 3. The van der Waals surface area contributed by atoms with E-state index in [-0.39, 0.29) is 11.4 Å². The van der Waals surface area contributed by atoms with Crippen LogP contribution in [-0.4, -0.2) is 41.7 Å². The summed E-state index contributed by atoms with van der Waals surface area (Å²) in [7, 11) is 2.86. The van der Waals surface area contributed by atoms with Gasteiger partial charge in [0.25, 0.3) is 0 Å². The predicted molar refractivity (Wildman–Crippen MR) is 70.8 cm³/mol. The summed E-state index contributed by atoms with van der Waals surface area (Å²) in [5.74, 6) is -0.313. The molecule has 0 rings (SSSR count). The Hall–Kier alpha value is -0.653. The maximum Gasteiger partial charge on any atom is 0.333 e. The fourth-order valence-corrected chi connectivity index (χ4v) is 3.29. The van der Waals surface area contributed by atoms with Crippen molar-refractivity contribution in [1.82, 2.24) is 0 Å². The Morgan fingerprint density at radius 1 is 1.35 bits per heavy atom. The number of carbonyl (C=O) groups excluding carboxylic acids is 1. The largest absolute Gasteiger partial charge is 0.462 e. The fraction of sp³-hybridized carbons (Fsp3) is 0.750. The Labute approximate surface area is 106 Å². The van der Waals surface area contributed by atoms with Gasteiger partial charge in [-0.15, -0.1) is 0 Å². The highest BCUT2D eigenvalue weighted by molar-refractivity contribution is 6.38. The molecule has 4 nitrogen and oxygen atoms in total. The number of esters is 1. The average Bonchev–Trinajstić information content (AvgIpc) is 2.34. The minimum Gasteiger partial charge on any atom is -0.462 e. The summed E-state index contributed by atoms with van der Waals surface area (Å²) in [6.45, 7) is 7.68. The molecule has 17 heavy (non-hydrogen) atoms. The molecule has 0 radical (unpaired) electrons. The van der Waals surface area contributed by atoms with Crippen molar-refractivity contribution in [3.8, 4) is 0 Å². The summed E-state index contributed by atoms with van der Waals surface area (Å²) in [6, 6.07) is 1.03. The summed E-state index contributed by atoms with van der Waals surface area (Å²) in [5, 5.41) is 0. The second kappa shape index (κ2) is 8.44. The molecule has 0 fully saturated rings. The van der Waals surface area contributed by atoms with E-state index in [9.17, 15) is 4.79 Å². The van der Waals surface area contributed by atoms with Gasteiger partial charge < -0.3 is 14.2 Å². The van der Waals surface area contributed by atoms with E-state index in [0.29, 0.717) is 12.2 Å². The van der Waals surface area contributed by atoms with Crippen LogP contribution in [0, 0.1) is 0 Å². The maximum atomic E-state index is 11.1. The van der Waals surface area contributed by atoms with E-state index in [1.165, 1.54) is 0 Å². The van der Waals surface area contributed by atoms with Crippen molar-refractivity contribution in [3.63, 3.8) is 0 Å². The summed E-state index contributed by atoms with van der Waals surface area (Å²) in [6.07, 6.45) is 1.72. The van der Waals surface area contributed by atoms with Crippen LogP contribution in [0.5, 0.6) is 0 Å². The first-order valence-corrected chi connectivity index (χ1v) is 7.65. The first-order valence-electron chi connectivity index (χ1n) is 5.94. The number of hydrogen-bond acceptors (Lipinski definition) is 4. The molecule has 0 unspecified atom stereocenters. The zero-order chi connectivity index (χ0) is 13.3. The van der Waals surface area contributed by atoms with Gasteiger partial charge in [-0.3, -0.25) is 0 Å². The normalized spacial score (nSPS) is 12.0. The van der Waals surface area contributed by atoms with Gasteiger partial charge in [-0.05, 0) is 19.8 Å². The molecule has 0 bridgehead atoms. The van der Waals surface area contributed by atoms with Crippen LogP contribution in [0.3, 0.4) is 0 Å². The lowest BCUT2D eigenvalue weighted by Crippen LogP contribution is -2.39. The molecule has 0 saturated carbocycles. The molecule has 0 saturated heterocycles. The Bertz CT molecular complexity index is 241. The molecule has 0 aromatic heterocycles. The summed E-state index contributed by atoms with van der Waals surface area (Å²) < 4.78 is 15.9. The monoisotopic (exact) mass is 260 g/mol. The quantitative estimate of drug-likeness (QED) is 0.207. The summed E-state index contributed by atoms with van der Waals surface area (Å²) in [4.78, 5) is 11.1. The highest BCUT2D eigenvalue weighted by Crippen LogP contribution is 2.16. The zero-order valence-corrected chi connectivity index (χ0v) is 12.8. The van der Waals surface area contributed by atoms with Crippen LogP contribution in [0.15, 0.2) is 12.2 Å². The molecule has 0 spiro atoms. The van der Waals surface area contributed by atoms with Gasteiger partial charge in [-0.25, -0.2) is 4.79 Å². The van der Waals surface area contributed by atoms with E-state index >= 15 is 0 Å². The van der Waals surface area contributed by atoms with Crippen LogP contribution in [0.4, 0.5) is 0 Å². The Kier molecular flexibility index (Phi) is 8.12. The van der Waals surface area contributed by atoms with Crippen LogP contribution in [0.2, 0.25) is 6.04 Å². The first-order chi connectivity index (χ1) is 8.01. The number of carbonyl (C=O) groups is 1. The van der Waals surface area contributed by atoms with E-state index in [2.05, 4.69) is 13.5 Å². The minimum absolute atomic E-state index is 0.313. The van der Waals surface area contributed by atoms with Gasteiger partial charge in [0, 0.05) is 19.8 Å². The molecule has 0 amide bonds. The predicted octanol–water partition coefficient (Wildman–Crippen LogP) is 1.44. The van der Waals surface area contributed by atoms with Crippen molar-refractivity contribution in [2.45, 2.75) is 38.1 Å². The molecule has 100 valence electrons. The fourth-order valence-electron chi connectivity index (χ4n) is 1.54. The van der Waals surface area contributed by atoms with Gasteiger partial charge >= 0.3 is 5.97 Å². The summed E-state index contributed by atoms with van der Waals surface area (Å²) >= 11 is 0. The van der Waals surface area contributed by atoms with Crippen molar-refractivity contribution in [2.75, 3.05) is 20.8 Å². The van der Waals surface area contributed by atoms with Gasteiger partial charge in [0.05, 0.1) is 16.1 Å². The number of hydrogen-bond donors (Lipinski definition) is 0. The third-order valence-corrected chi connectivity index (χ3v) is 5.51. The second-order valence-electron chi connectivity index (χ2n) is 4.05. The summed E-state index contributed by atoms with van der Waals surface area (Å²) in [5.41, 5.74) is 0.0807. The van der Waals surface area contributed by atoms with Crippen LogP contribution in [0.25, 0.3) is 0 Å². The molecule has 0 heterocycles. The van der Waals surface area contributed by atoms with E-state index < -0.39 is 9.52 Å². The average molecular weight is 260 g/mol. The third kappa shape index (κ3) is 6.00. The molecule has 0 N–H and O–H groups in total. The molecular formula is C12H24O4Si. The van der Waals surface area contributed by atoms with Crippen LogP contribution in [0.1, 0.15) is 26.7 Å². The standard InChI is InChI=1S/C12H24O4Si/c1-6-12(14-4,15-5)17-9-7-8-16-11(13)10(2)3/h2,6-9,17H2,1,3-5H3. The smallest absolute Gasteiger partial charge is 0.333 e. The maximum absolute atomic E-state index is 11.1. The van der Waals surface area contributed by atoms with Gasteiger partial charge in [-0.1, -0.05) is 19.5 Å². The minimum atomic E-state index is -0.504. The van der Waals surface area contributed by atoms with Gasteiger partial charge in [0.2, 0.25) is 0 Å². The lowest BCUT2D eigenvalue weighted by molar-refractivity contribution is -0.146. The Balaban J connectivity index is 3.76. The van der Waals surface area contributed by atoms with Crippen LogP contribution >= 0.6 is 0 Å². The molecule has 0 aromatic carbocycles. The van der Waals surface area contributed by atoms with Crippen LogP contribution < -0.4 is 0 Å². The lowest BCUT2D eigenvalue weighted by atomic mass is 10.4. The SMILES string of the molecule is C=C(C)C(=O)OCCC[SiH2]C(CC)(OC)OC. The topological polar surface area (TPSA) is 44.8 Å². The molecule has 0 aliphatic rings. The van der Waals surface area contributed by atoms with E-state index in [1.807, 2.05) is 0 Å². The Morgan fingerprint density at radius 2 is 1.94 bits per heavy atom.